The predicted octanol–water partition coefficient (Wildman–Crippen LogP) is 4.44. The van der Waals surface area contributed by atoms with Gasteiger partial charge in [0.25, 0.3) is 0 Å². The number of amides is 2. The molecule has 9 nitrogen and oxygen atoms in total. The zero-order valence-corrected chi connectivity index (χ0v) is 25.3. The SMILES string of the molecule is CC(C)(C)N=C([O-])C(Cc1ccc(OCc2ccccc2)cc1)NC(=O)[C@H](Cc1cscn1)NC(=O)OC(C)(C)C. The minimum Gasteiger partial charge on any atom is -0.861 e. The molecule has 0 radical (unpaired) electrons. The van der Waals surface area contributed by atoms with Crippen LogP contribution in [0.1, 0.15) is 58.4 Å². The normalized spacial score (nSPS) is 13.7. The number of hydrogen-bond acceptors (Lipinski definition) is 8. The topological polar surface area (TPSA) is 125 Å². The molecule has 1 heterocycles. The second-order valence-corrected chi connectivity index (χ2v) is 12.4. The van der Waals surface area contributed by atoms with Crippen molar-refractivity contribution in [3.05, 3.63) is 82.3 Å². The summed E-state index contributed by atoms with van der Waals surface area (Å²) in [6.45, 7) is 11.1. The standard InChI is InChI=1S/C31H40N4O5S/c1-30(2,3)35-28(37)25(16-21-12-14-24(15-13-21)39-18-22-10-8-7-9-11-22)33-27(36)26(17-23-19-41-20-32-23)34-29(38)40-31(4,5)6/h7-15,19-20,25-26H,16-18H2,1-6H3,(H,33,36)(H,34,38)(H,35,37)/p-1/t25?,26-/m0/s1. The van der Waals surface area contributed by atoms with Crippen LogP contribution in [0.3, 0.4) is 0 Å². The lowest BCUT2D eigenvalue weighted by molar-refractivity contribution is -0.222. The Morgan fingerprint density at radius 2 is 1.61 bits per heavy atom. The molecule has 0 bridgehead atoms. The highest BCUT2D eigenvalue weighted by molar-refractivity contribution is 7.07. The molecule has 41 heavy (non-hydrogen) atoms. The van der Waals surface area contributed by atoms with Gasteiger partial charge in [0.05, 0.1) is 22.8 Å². The van der Waals surface area contributed by atoms with Gasteiger partial charge in [-0.1, -0.05) is 42.5 Å². The molecule has 3 rings (SSSR count). The number of ether oxygens (including phenoxy) is 2. The smallest absolute Gasteiger partial charge is 0.408 e. The number of carbonyl (C=O) groups is 2. The quantitative estimate of drug-likeness (QED) is 0.256. The fourth-order valence-electron chi connectivity index (χ4n) is 3.79. The van der Waals surface area contributed by atoms with Crippen molar-refractivity contribution in [3.63, 3.8) is 0 Å². The minimum absolute atomic E-state index is 0.138. The van der Waals surface area contributed by atoms with Crippen LogP contribution in [0.4, 0.5) is 4.79 Å². The summed E-state index contributed by atoms with van der Waals surface area (Å²) in [5.74, 6) is -0.303. The molecule has 1 unspecified atom stereocenters. The molecule has 0 aliphatic carbocycles. The first-order valence-electron chi connectivity index (χ1n) is 13.5. The van der Waals surface area contributed by atoms with Gasteiger partial charge in [0.15, 0.2) is 0 Å². The van der Waals surface area contributed by atoms with Gasteiger partial charge in [0, 0.05) is 11.8 Å². The second-order valence-electron chi connectivity index (χ2n) is 11.7. The van der Waals surface area contributed by atoms with Crippen LogP contribution in [0.5, 0.6) is 5.75 Å². The Balaban J connectivity index is 1.76. The van der Waals surface area contributed by atoms with E-state index in [1.807, 2.05) is 75.4 Å². The van der Waals surface area contributed by atoms with Crippen LogP contribution < -0.4 is 20.5 Å². The molecule has 0 saturated carbocycles. The summed E-state index contributed by atoms with van der Waals surface area (Å²) in [4.78, 5) is 34.6. The monoisotopic (exact) mass is 579 g/mol. The highest BCUT2D eigenvalue weighted by atomic mass is 32.1. The number of aromatic nitrogens is 1. The molecule has 2 N–H and O–H groups in total. The van der Waals surface area contributed by atoms with Crippen molar-refractivity contribution >= 4 is 29.2 Å². The summed E-state index contributed by atoms with van der Waals surface area (Å²) >= 11 is 1.39. The van der Waals surface area contributed by atoms with Crippen LogP contribution in [0.15, 0.2) is 70.5 Å². The lowest BCUT2D eigenvalue weighted by Crippen LogP contribution is -2.55. The van der Waals surface area contributed by atoms with E-state index in [0.29, 0.717) is 18.1 Å². The van der Waals surface area contributed by atoms with Gasteiger partial charge in [-0.2, -0.15) is 0 Å². The van der Waals surface area contributed by atoms with Gasteiger partial charge >= 0.3 is 6.09 Å². The Kier molecular flexibility index (Phi) is 10.9. The highest BCUT2D eigenvalue weighted by Gasteiger charge is 2.27. The molecular weight excluding hydrogens is 540 g/mol. The van der Waals surface area contributed by atoms with Gasteiger partial charge in [-0.25, -0.2) is 9.78 Å². The van der Waals surface area contributed by atoms with Crippen LogP contribution in [0.2, 0.25) is 0 Å². The van der Waals surface area contributed by atoms with Crippen LogP contribution in [0, 0.1) is 0 Å². The van der Waals surface area contributed by atoms with Gasteiger partial charge in [-0.3, -0.25) is 9.79 Å². The first-order chi connectivity index (χ1) is 19.3. The van der Waals surface area contributed by atoms with E-state index in [2.05, 4.69) is 20.6 Å². The van der Waals surface area contributed by atoms with E-state index in [0.717, 1.165) is 11.1 Å². The van der Waals surface area contributed by atoms with Crippen molar-refractivity contribution in [2.45, 2.75) is 84.2 Å². The Bertz CT molecular complexity index is 1280. The van der Waals surface area contributed by atoms with Crippen molar-refractivity contribution in [2.75, 3.05) is 0 Å². The summed E-state index contributed by atoms with van der Waals surface area (Å²) in [6, 6.07) is 15.3. The number of carbonyl (C=O) groups excluding carboxylic acids is 2. The third-order valence-electron chi connectivity index (χ3n) is 5.58. The number of hydrogen-bond donors (Lipinski definition) is 2. The van der Waals surface area contributed by atoms with Gasteiger partial charge in [0.2, 0.25) is 5.91 Å². The molecule has 1 aromatic heterocycles. The second kappa shape index (κ2) is 14.1. The average Bonchev–Trinajstić information content (AvgIpc) is 3.39. The number of rotatable bonds is 11. The molecule has 0 fully saturated rings. The predicted molar refractivity (Wildman–Crippen MR) is 159 cm³/mol. The molecule has 0 aliphatic heterocycles. The van der Waals surface area contributed by atoms with E-state index in [1.54, 1.807) is 31.7 Å². The molecule has 220 valence electrons. The number of nitrogens with zero attached hydrogens (tertiary/aromatic N) is 2. The van der Waals surface area contributed by atoms with Crippen molar-refractivity contribution in [2.24, 2.45) is 4.99 Å². The summed E-state index contributed by atoms with van der Waals surface area (Å²) in [5, 5.41) is 20.5. The lowest BCUT2D eigenvalue weighted by Gasteiger charge is -2.30. The van der Waals surface area contributed by atoms with E-state index in [9.17, 15) is 14.7 Å². The first-order valence-corrected chi connectivity index (χ1v) is 14.4. The van der Waals surface area contributed by atoms with Gasteiger partial charge < -0.3 is 25.2 Å². The fraction of sp³-hybridized carbons (Fsp3) is 0.419. The Hall–Kier alpha value is -3.92. The van der Waals surface area contributed by atoms with Gasteiger partial charge in [-0.15, -0.1) is 11.3 Å². The van der Waals surface area contributed by atoms with E-state index >= 15 is 0 Å². The largest absolute Gasteiger partial charge is 0.861 e. The molecule has 10 heteroatoms. The van der Waals surface area contributed by atoms with E-state index < -0.39 is 41.1 Å². The molecule has 3 aromatic rings. The van der Waals surface area contributed by atoms with Crippen molar-refractivity contribution < 1.29 is 24.2 Å². The zero-order valence-electron chi connectivity index (χ0n) is 24.5. The molecule has 2 amide bonds. The Morgan fingerprint density at radius 1 is 0.927 bits per heavy atom. The summed E-state index contributed by atoms with van der Waals surface area (Å²) < 4.78 is 11.2. The average molecular weight is 580 g/mol. The Labute approximate surface area is 246 Å². The van der Waals surface area contributed by atoms with Crippen LogP contribution in [-0.4, -0.2) is 46.1 Å². The summed E-state index contributed by atoms with van der Waals surface area (Å²) in [7, 11) is 0. The third-order valence-corrected chi connectivity index (χ3v) is 6.21. The fourth-order valence-corrected chi connectivity index (χ4v) is 4.36. The first kappa shape index (κ1) is 31.6. The maximum Gasteiger partial charge on any atom is 0.408 e. The number of nitrogens with one attached hydrogen (secondary N) is 2. The summed E-state index contributed by atoms with van der Waals surface area (Å²) in [5.41, 5.74) is 2.78. The lowest BCUT2D eigenvalue weighted by atomic mass is 10.0. The maximum atomic E-state index is 13.5. The number of alkyl carbamates (subject to hydrolysis) is 1. The highest BCUT2D eigenvalue weighted by Crippen LogP contribution is 2.17. The zero-order chi connectivity index (χ0) is 30.0. The van der Waals surface area contributed by atoms with Crippen LogP contribution in [-0.2, 0) is 29.0 Å². The molecule has 0 saturated heterocycles. The minimum atomic E-state index is -1.01. The number of benzene rings is 2. The van der Waals surface area contributed by atoms with E-state index in [-0.39, 0.29) is 12.8 Å². The van der Waals surface area contributed by atoms with E-state index in [1.165, 1.54) is 11.3 Å². The van der Waals surface area contributed by atoms with Gasteiger partial charge in [-0.05, 0) is 77.1 Å². The molecular formula is C31H39N4O5S-. The number of aliphatic imine (C=N–C) groups is 1. The van der Waals surface area contributed by atoms with Crippen molar-refractivity contribution in [1.82, 2.24) is 15.6 Å². The van der Waals surface area contributed by atoms with Crippen LogP contribution in [0.25, 0.3) is 0 Å². The Morgan fingerprint density at radius 3 is 2.20 bits per heavy atom. The molecule has 0 aliphatic rings. The third kappa shape index (κ3) is 11.6. The molecule has 2 aromatic carbocycles. The summed E-state index contributed by atoms with van der Waals surface area (Å²) in [6.07, 6.45) is -0.389. The van der Waals surface area contributed by atoms with Crippen LogP contribution >= 0.6 is 11.3 Å². The van der Waals surface area contributed by atoms with Crippen molar-refractivity contribution in [1.29, 1.82) is 0 Å². The molecule has 2 atom stereocenters. The van der Waals surface area contributed by atoms with Crippen molar-refractivity contribution in [3.8, 4) is 5.75 Å². The van der Waals surface area contributed by atoms with Gasteiger partial charge in [0.1, 0.15) is 24.0 Å². The number of thiazole rings is 1. The van der Waals surface area contributed by atoms with E-state index in [4.69, 9.17) is 9.47 Å². The molecule has 0 spiro atoms. The maximum absolute atomic E-state index is 13.5.